The van der Waals surface area contributed by atoms with Crippen molar-refractivity contribution in [1.82, 2.24) is 10.2 Å². The second-order valence-electron chi connectivity index (χ2n) is 3.83. The first-order chi connectivity index (χ1) is 7.79. The van der Waals surface area contributed by atoms with Gasteiger partial charge in [-0.05, 0) is 19.4 Å². The quantitative estimate of drug-likeness (QED) is 0.554. The Kier molecular flexibility index (Phi) is 6.36. The maximum Gasteiger partial charge on any atom is 0.239 e. The number of rotatable bonds is 6. The van der Waals surface area contributed by atoms with Gasteiger partial charge >= 0.3 is 0 Å². The molecule has 4 heteroatoms. The molecular formula is C12H20N2OS. The molecule has 0 radical (unpaired) electrons. The van der Waals surface area contributed by atoms with E-state index in [1.54, 1.807) is 11.8 Å². The van der Waals surface area contributed by atoms with E-state index < -0.39 is 0 Å². The van der Waals surface area contributed by atoms with Gasteiger partial charge in [0, 0.05) is 18.8 Å². The van der Waals surface area contributed by atoms with Gasteiger partial charge in [0.15, 0.2) is 0 Å². The van der Waals surface area contributed by atoms with Gasteiger partial charge in [0.05, 0.1) is 11.8 Å². The summed E-state index contributed by atoms with van der Waals surface area (Å²) in [5.41, 5.74) is 0. The van der Waals surface area contributed by atoms with Crippen molar-refractivity contribution >= 4 is 17.7 Å². The number of likely N-dealkylation sites (tertiary alicyclic amines) is 1. The summed E-state index contributed by atoms with van der Waals surface area (Å²) in [7, 11) is 0. The Labute approximate surface area is 102 Å². The lowest BCUT2D eigenvalue weighted by Crippen LogP contribution is -2.51. The summed E-state index contributed by atoms with van der Waals surface area (Å²) in [6.07, 6.45) is 7.25. The van der Waals surface area contributed by atoms with Crippen LogP contribution in [0.15, 0.2) is 0 Å². The fraction of sp³-hybridized carbons (Fsp3) is 0.750. The number of carbonyl (C=O) groups is 1. The van der Waals surface area contributed by atoms with Crippen LogP contribution in [0.25, 0.3) is 0 Å². The Hall–Kier alpha value is -0.660. The van der Waals surface area contributed by atoms with Crippen LogP contribution in [0.3, 0.4) is 0 Å². The molecule has 1 saturated heterocycles. The molecule has 0 bridgehead atoms. The number of thioether (sulfide) groups is 1. The molecule has 1 atom stereocenters. The Morgan fingerprint density at radius 2 is 2.50 bits per heavy atom. The number of nitrogens with one attached hydrogen (secondary N) is 1. The van der Waals surface area contributed by atoms with E-state index >= 15 is 0 Å². The van der Waals surface area contributed by atoms with E-state index in [1.165, 1.54) is 0 Å². The summed E-state index contributed by atoms with van der Waals surface area (Å²) in [6.45, 7) is 4.62. The van der Waals surface area contributed by atoms with Gasteiger partial charge < -0.3 is 10.2 Å². The minimum absolute atomic E-state index is 0.0383. The minimum Gasteiger partial charge on any atom is -0.341 e. The zero-order valence-corrected chi connectivity index (χ0v) is 10.7. The highest BCUT2D eigenvalue weighted by Gasteiger charge is 2.27. The van der Waals surface area contributed by atoms with E-state index in [9.17, 15) is 4.79 Å². The second kappa shape index (κ2) is 7.59. The summed E-state index contributed by atoms with van der Waals surface area (Å²) < 4.78 is 0. The average Bonchev–Trinajstić information content (AvgIpc) is 2.29. The number of piperidine rings is 1. The van der Waals surface area contributed by atoms with Gasteiger partial charge in [-0.3, -0.25) is 4.79 Å². The molecule has 1 amide bonds. The monoisotopic (exact) mass is 240 g/mol. The van der Waals surface area contributed by atoms with Crippen LogP contribution in [0.1, 0.15) is 19.8 Å². The minimum atomic E-state index is 0.0383. The van der Waals surface area contributed by atoms with Crippen LogP contribution in [0.5, 0.6) is 0 Å². The molecule has 0 aromatic rings. The van der Waals surface area contributed by atoms with Gasteiger partial charge in [-0.25, -0.2) is 0 Å². The lowest BCUT2D eigenvalue weighted by atomic mass is 10.1. The number of hydrogen-bond donors (Lipinski definition) is 1. The number of terminal acetylenes is 1. The third-order valence-corrected chi connectivity index (χ3v) is 3.51. The molecule has 1 heterocycles. The van der Waals surface area contributed by atoms with Crippen molar-refractivity contribution in [3.63, 3.8) is 0 Å². The van der Waals surface area contributed by atoms with Crippen LogP contribution >= 0.6 is 11.8 Å². The van der Waals surface area contributed by atoms with Crippen molar-refractivity contribution in [2.75, 3.05) is 31.1 Å². The summed E-state index contributed by atoms with van der Waals surface area (Å²) in [4.78, 5) is 14.0. The van der Waals surface area contributed by atoms with Crippen molar-refractivity contribution in [2.45, 2.75) is 25.8 Å². The van der Waals surface area contributed by atoms with Crippen LogP contribution in [0.4, 0.5) is 0 Å². The highest BCUT2D eigenvalue weighted by Crippen LogP contribution is 2.12. The first-order valence-corrected chi connectivity index (χ1v) is 6.98. The van der Waals surface area contributed by atoms with Crippen LogP contribution in [-0.4, -0.2) is 48.0 Å². The van der Waals surface area contributed by atoms with Gasteiger partial charge in [-0.1, -0.05) is 12.8 Å². The molecule has 1 N–H and O–H groups in total. The summed E-state index contributed by atoms with van der Waals surface area (Å²) >= 11 is 1.71. The smallest absolute Gasteiger partial charge is 0.239 e. The van der Waals surface area contributed by atoms with E-state index in [0.29, 0.717) is 0 Å². The lowest BCUT2D eigenvalue weighted by molar-refractivity contribution is -0.135. The molecule has 0 aromatic carbocycles. The molecule has 0 aliphatic carbocycles. The molecule has 3 nitrogen and oxygen atoms in total. The highest BCUT2D eigenvalue weighted by molar-refractivity contribution is 7.99. The fourth-order valence-electron chi connectivity index (χ4n) is 1.90. The number of hydrogen-bond acceptors (Lipinski definition) is 3. The summed E-state index contributed by atoms with van der Waals surface area (Å²) in [5, 5.41) is 3.24. The molecule has 1 aliphatic heterocycles. The molecule has 1 fully saturated rings. The molecule has 1 unspecified atom stereocenters. The van der Waals surface area contributed by atoms with Gasteiger partial charge in [0.2, 0.25) is 5.91 Å². The predicted molar refractivity (Wildman–Crippen MR) is 69.4 cm³/mol. The van der Waals surface area contributed by atoms with E-state index in [0.717, 1.165) is 44.0 Å². The van der Waals surface area contributed by atoms with Gasteiger partial charge in [-0.15, -0.1) is 18.2 Å². The number of carbonyl (C=O) groups excluding carboxylic acids is 1. The normalized spacial score (nSPS) is 20.9. The molecule has 1 rings (SSSR count). The van der Waals surface area contributed by atoms with Crippen LogP contribution in [0, 0.1) is 12.3 Å². The van der Waals surface area contributed by atoms with Crippen molar-refractivity contribution in [3.05, 3.63) is 0 Å². The number of amides is 1. The summed E-state index contributed by atoms with van der Waals surface area (Å²) in [6, 6.07) is 0.0383. The largest absolute Gasteiger partial charge is 0.341 e. The molecule has 16 heavy (non-hydrogen) atoms. The second-order valence-corrected chi connectivity index (χ2v) is 4.94. The fourth-order valence-corrected chi connectivity index (χ4v) is 2.52. The van der Waals surface area contributed by atoms with Crippen LogP contribution in [-0.2, 0) is 4.79 Å². The third kappa shape index (κ3) is 4.07. The van der Waals surface area contributed by atoms with E-state index in [2.05, 4.69) is 11.2 Å². The van der Waals surface area contributed by atoms with Crippen LogP contribution < -0.4 is 5.32 Å². The van der Waals surface area contributed by atoms with Gasteiger partial charge in [0.25, 0.3) is 0 Å². The Morgan fingerprint density at radius 1 is 1.69 bits per heavy atom. The number of nitrogens with zero attached hydrogens (tertiary/aromatic N) is 1. The average molecular weight is 240 g/mol. The predicted octanol–water partition coefficient (Wildman–Crippen LogP) is 0.953. The maximum atomic E-state index is 12.0. The van der Waals surface area contributed by atoms with Crippen molar-refractivity contribution in [2.24, 2.45) is 0 Å². The topological polar surface area (TPSA) is 32.3 Å². The standard InChI is InChI=1S/C12H20N2OS/c1-3-9-16-10-8-14-7-5-6-11(12(14)15)13-4-2/h1,11,13H,4-10H2,2H3. The summed E-state index contributed by atoms with van der Waals surface area (Å²) in [5.74, 6) is 4.53. The Morgan fingerprint density at radius 3 is 3.19 bits per heavy atom. The van der Waals surface area contributed by atoms with E-state index in [1.807, 2.05) is 11.8 Å². The first-order valence-electron chi connectivity index (χ1n) is 5.83. The third-order valence-electron chi connectivity index (χ3n) is 2.67. The first kappa shape index (κ1) is 13.4. The molecular weight excluding hydrogens is 220 g/mol. The molecule has 0 aromatic heterocycles. The molecule has 90 valence electrons. The van der Waals surface area contributed by atoms with Gasteiger partial charge in [-0.2, -0.15) is 0 Å². The maximum absolute atomic E-state index is 12.0. The van der Waals surface area contributed by atoms with Crippen molar-refractivity contribution in [1.29, 1.82) is 0 Å². The molecule has 1 aliphatic rings. The van der Waals surface area contributed by atoms with Crippen LogP contribution in [0.2, 0.25) is 0 Å². The Bertz CT molecular complexity index is 260. The van der Waals surface area contributed by atoms with Crippen molar-refractivity contribution in [3.8, 4) is 12.3 Å². The lowest BCUT2D eigenvalue weighted by Gasteiger charge is -2.32. The molecule has 0 saturated carbocycles. The highest BCUT2D eigenvalue weighted by atomic mass is 32.2. The zero-order valence-electron chi connectivity index (χ0n) is 9.87. The molecule has 0 spiro atoms. The van der Waals surface area contributed by atoms with E-state index in [4.69, 9.17) is 6.42 Å². The van der Waals surface area contributed by atoms with Gasteiger partial charge in [0.1, 0.15) is 0 Å². The van der Waals surface area contributed by atoms with E-state index in [-0.39, 0.29) is 11.9 Å². The Balaban J connectivity index is 2.30. The number of likely N-dealkylation sites (N-methyl/N-ethyl adjacent to an activating group) is 1. The van der Waals surface area contributed by atoms with Crippen molar-refractivity contribution < 1.29 is 4.79 Å². The SMILES string of the molecule is C#CCSCCN1CCCC(NCC)C1=O. The zero-order chi connectivity index (χ0) is 11.8.